The molecule has 0 spiro atoms. The van der Waals surface area contributed by atoms with Gasteiger partial charge in [0.15, 0.2) is 6.29 Å². The zero-order chi connectivity index (χ0) is 18.5. The van der Waals surface area contributed by atoms with E-state index in [0.29, 0.717) is 12.0 Å². The summed E-state index contributed by atoms with van der Waals surface area (Å²) in [4.78, 5) is 0. The zero-order valence-corrected chi connectivity index (χ0v) is 17.4. The van der Waals surface area contributed by atoms with Crippen LogP contribution in [0.2, 0.25) is 0 Å². The lowest BCUT2D eigenvalue weighted by atomic mass is 9.98. The SMILES string of the molecule is CC(C)=CCC[C@@H](C)CC=C[C@@H](C)CCC[C@@H](C)OC1CCCCO1. The van der Waals surface area contributed by atoms with E-state index in [-0.39, 0.29) is 6.29 Å². The third-order valence-electron chi connectivity index (χ3n) is 5.01. The van der Waals surface area contributed by atoms with E-state index in [9.17, 15) is 0 Å². The highest BCUT2D eigenvalue weighted by Gasteiger charge is 2.17. The van der Waals surface area contributed by atoms with Gasteiger partial charge in [-0.1, -0.05) is 44.1 Å². The largest absolute Gasteiger partial charge is 0.353 e. The normalized spacial score (nSPS) is 21.9. The van der Waals surface area contributed by atoms with Crippen LogP contribution in [-0.2, 0) is 9.47 Å². The maximum absolute atomic E-state index is 6.00. The molecule has 0 N–H and O–H groups in total. The van der Waals surface area contributed by atoms with E-state index in [4.69, 9.17) is 9.47 Å². The molecular weight excluding hydrogens is 308 g/mol. The fourth-order valence-corrected chi connectivity index (χ4v) is 3.29. The third-order valence-corrected chi connectivity index (χ3v) is 5.01. The summed E-state index contributed by atoms with van der Waals surface area (Å²) in [5, 5.41) is 0. The molecule has 2 nitrogen and oxygen atoms in total. The molecule has 1 fully saturated rings. The van der Waals surface area contributed by atoms with Crippen LogP contribution in [0.3, 0.4) is 0 Å². The minimum Gasteiger partial charge on any atom is -0.353 e. The van der Waals surface area contributed by atoms with Crippen LogP contribution in [0.5, 0.6) is 0 Å². The summed E-state index contributed by atoms with van der Waals surface area (Å²) >= 11 is 0. The molecule has 0 bridgehead atoms. The number of hydrogen-bond donors (Lipinski definition) is 0. The van der Waals surface area contributed by atoms with E-state index in [0.717, 1.165) is 25.4 Å². The van der Waals surface area contributed by atoms with Crippen molar-refractivity contribution in [2.75, 3.05) is 6.61 Å². The van der Waals surface area contributed by atoms with Gasteiger partial charge in [0, 0.05) is 6.61 Å². The quantitative estimate of drug-likeness (QED) is 0.351. The van der Waals surface area contributed by atoms with Gasteiger partial charge in [-0.25, -0.2) is 0 Å². The Labute approximate surface area is 157 Å². The second kappa shape index (κ2) is 13.6. The molecule has 1 heterocycles. The number of allylic oxidation sites excluding steroid dienone is 4. The highest BCUT2D eigenvalue weighted by molar-refractivity contribution is 4.93. The molecule has 0 aromatic rings. The van der Waals surface area contributed by atoms with Crippen LogP contribution in [0.15, 0.2) is 23.8 Å². The maximum atomic E-state index is 6.00. The Morgan fingerprint density at radius 3 is 2.60 bits per heavy atom. The van der Waals surface area contributed by atoms with Gasteiger partial charge in [-0.2, -0.15) is 0 Å². The van der Waals surface area contributed by atoms with Crippen LogP contribution in [0.1, 0.15) is 92.4 Å². The summed E-state index contributed by atoms with van der Waals surface area (Å²) < 4.78 is 11.7. The Morgan fingerprint density at radius 1 is 1.12 bits per heavy atom. The molecule has 1 unspecified atom stereocenters. The van der Waals surface area contributed by atoms with Crippen molar-refractivity contribution < 1.29 is 9.47 Å². The molecule has 1 rings (SSSR count). The molecule has 0 amide bonds. The van der Waals surface area contributed by atoms with Gasteiger partial charge in [-0.3, -0.25) is 0 Å². The second-order valence-electron chi connectivity index (χ2n) is 8.28. The van der Waals surface area contributed by atoms with Gasteiger partial charge in [-0.15, -0.1) is 0 Å². The second-order valence-corrected chi connectivity index (χ2v) is 8.28. The minimum absolute atomic E-state index is 0.0499. The fraction of sp³-hybridized carbons (Fsp3) is 0.826. The molecular formula is C23H42O2. The highest BCUT2D eigenvalue weighted by Crippen LogP contribution is 2.19. The Morgan fingerprint density at radius 2 is 1.92 bits per heavy atom. The first-order chi connectivity index (χ1) is 12.0. The van der Waals surface area contributed by atoms with Crippen LogP contribution in [0.25, 0.3) is 0 Å². The van der Waals surface area contributed by atoms with E-state index < -0.39 is 0 Å². The van der Waals surface area contributed by atoms with Crippen molar-refractivity contribution >= 4 is 0 Å². The zero-order valence-electron chi connectivity index (χ0n) is 17.4. The minimum atomic E-state index is 0.0499. The molecule has 1 aliphatic heterocycles. The summed E-state index contributed by atoms with van der Waals surface area (Å²) in [6.07, 6.45) is 18.4. The van der Waals surface area contributed by atoms with Crippen LogP contribution in [0, 0.1) is 11.8 Å². The van der Waals surface area contributed by atoms with Crippen LogP contribution >= 0.6 is 0 Å². The standard InChI is InChI=1S/C23H42O2/c1-19(2)11-8-12-20(3)13-9-14-21(4)15-10-16-22(5)25-23-17-6-7-18-24-23/h9,11,14,20-23H,6-8,10,12-13,15-18H2,1-5H3/t20-,21-,22-,23?/m1/s1. The van der Waals surface area contributed by atoms with Gasteiger partial charge in [-0.05, 0) is 84.0 Å². The molecule has 4 atom stereocenters. The average molecular weight is 351 g/mol. The van der Waals surface area contributed by atoms with Crippen LogP contribution < -0.4 is 0 Å². The Bertz CT molecular complexity index is 376. The number of hydrogen-bond acceptors (Lipinski definition) is 2. The van der Waals surface area contributed by atoms with Crippen molar-refractivity contribution in [2.45, 2.75) is 105 Å². The van der Waals surface area contributed by atoms with Crippen LogP contribution in [0.4, 0.5) is 0 Å². The van der Waals surface area contributed by atoms with Crippen molar-refractivity contribution in [3.8, 4) is 0 Å². The van der Waals surface area contributed by atoms with Crippen molar-refractivity contribution in [3.63, 3.8) is 0 Å². The van der Waals surface area contributed by atoms with E-state index in [1.54, 1.807) is 0 Å². The van der Waals surface area contributed by atoms with Gasteiger partial charge in [0.25, 0.3) is 0 Å². The van der Waals surface area contributed by atoms with Crippen LogP contribution in [-0.4, -0.2) is 19.0 Å². The molecule has 0 aliphatic carbocycles. The van der Waals surface area contributed by atoms with Gasteiger partial charge in [0.1, 0.15) is 0 Å². The Kier molecular flexibility index (Phi) is 12.2. The Balaban J connectivity index is 2.06. The molecule has 0 aromatic heterocycles. The summed E-state index contributed by atoms with van der Waals surface area (Å²) in [6, 6.07) is 0. The van der Waals surface area contributed by atoms with Gasteiger partial charge in [0.05, 0.1) is 6.10 Å². The molecule has 146 valence electrons. The number of rotatable bonds is 12. The summed E-state index contributed by atoms with van der Waals surface area (Å²) in [6.45, 7) is 12.1. The van der Waals surface area contributed by atoms with E-state index in [2.05, 4.69) is 52.8 Å². The molecule has 0 saturated carbocycles. The summed E-state index contributed by atoms with van der Waals surface area (Å²) in [7, 11) is 0. The number of ether oxygens (including phenoxy) is 2. The topological polar surface area (TPSA) is 18.5 Å². The maximum Gasteiger partial charge on any atom is 0.157 e. The fourth-order valence-electron chi connectivity index (χ4n) is 3.29. The predicted octanol–water partition coefficient (Wildman–Crippen LogP) is 7.05. The molecule has 25 heavy (non-hydrogen) atoms. The predicted molar refractivity (Wildman–Crippen MR) is 109 cm³/mol. The van der Waals surface area contributed by atoms with Gasteiger partial charge < -0.3 is 9.47 Å². The smallest absolute Gasteiger partial charge is 0.157 e. The first-order valence-electron chi connectivity index (χ1n) is 10.5. The molecule has 0 aromatic carbocycles. The highest BCUT2D eigenvalue weighted by atomic mass is 16.7. The van der Waals surface area contributed by atoms with Crippen molar-refractivity contribution in [1.29, 1.82) is 0 Å². The lowest BCUT2D eigenvalue weighted by Crippen LogP contribution is -2.26. The summed E-state index contributed by atoms with van der Waals surface area (Å²) in [5.74, 6) is 1.45. The molecule has 2 heteroatoms. The monoisotopic (exact) mass is 350 g/mol. The van der Waals surface area contributed by atoms with Crippen molar-refractivity contribution in [2.24, 2.45) is 11.8 Å². The van der Waals surface area contributed by atoms with Gasteiger partial charge in [0.2, 0.25) is 0 Å². The van der Waals surface area contributed by atoms with Crippen molar-refractivity contribution in [3.05, 3.63) is 23.8 Å². The summed E-state index contributed by atoms with van der Waals surface area (Å²) in [5.41, 5.74) is 1.43. The average Bonchev–Trinajstić information content (AvgIpc) is 2.55. The lowest BCUT2D eigenvalue weighted by Gasteiger charge is -2.26. The van der Waals surface area contributed by atoms with E-state index in [1.807, 2.05) is 0 Å². The van der Waals surface area contributed by atoms with Gasteiger partial charge >= 0.3 is 0 Å². The first-order valence-corrected chi connectivity index (χ1v) is 10.5. The Hall–Kier alpha value is -0.600. The van der Waals surface area contributed by atoms with E-state index >= 15 is 0 Å². The first kappa shape index (κ1) is 22.4. The lowest BCUT2D eigenvalue weighted by molar-refractivity contribution is -0.185. The van der Waals surface area contributed by atoms with Crippen molar-refractivity contribution in [1.82, 2.24) is 0 Å². The van der Waals surface area contributed by atoms with E-state index in [1.165, 1.54) is 50.5 Å². The molecule has 1 aliphatic rings. The third kappa shape index (κ3) is 12.4. The molecule has 1 saturated heterocycles. The molecule has 0 radical (unpaired) electrons.